The zero-order chi connectivity index (χ0) is 13.7. The van der Waals surface area contributed by atoms with Gasteiger partial charge in [-0.3, -0.25) is 14.9 Å². The van der Waals surface area contributed by atoms with Gasteiger partial charge in [-0.15, -0.1) is 12.4 Å². The van der Waals surface area contributed by atoms with E-state index in [0.29, 0.717) is 18.7 Å². The first-order valence-electron chi connectivity index (χ1n) is 5.69. The van der Waals surface area contributed by atoms with Gasteiger partial charge in [0.25, 0.3) is 11.6 Å². The third kappa shape index (κ3) is 4.50. The Hall–Kier alpha value is -1.66. The topological polar surface area (TPSA) is 98.3 Å². The van der Waals surface area contributed by atoms with Crippen LogP contribution in [0.3, 0.4) is 0 Å². The van der Waals surface area contributed by atoms with Crippen molar-refractivity contribution >= 4 is 24.0 Å². The van der Waals surface area contributed by atoms with Crippen LogP contribution in [0, 0.1) is 23.0 Å². The van der Waals surface area contributed by atoms with Crippen LogP contribution in [0.4, 0.5) is 5.69 Å². The minimum absolute atomic E-state index is 0. The van der Waals surface area contributed by atoms with Crippen LogP contribution in [-0.2, 0) is 0 Å². The first kappa shape index (κ1) is 17.3. The van der Waals surface area contributed by atoms with E-state index in [0.717, 1.165) is 0 Å². The van der Waals surface area contributed by atoms with Crippen LogP contribution < -0.4 is 11.1 Å². The molecule has 1 rings (SSSR count). The number of carbonyl (C=O) groups is 1. The van der Waals surface area contributed by atoms with Crippen molar-refractivity contribution in [1.82, 2.24) is 5.32 Å². The first-order valence-corrected chi connectivity index (χ1v) is 5.69. The highest BCUT2D eigenvalue weighted by molar-refractivity contribution is 5.98. The van der Waals surface area contributed by atoms with Crippen LogP contribution in [0.5, 0.6) is 0 Å². The minimum Gasteiger partial charge on any atom is -0.352 e. The average Bonchev–Trinajstić information content (AvgIpc) is 2.34. The van der Waals surface area contributed by atoms with E-state index < -0.39 is 10.8 Å². The highest BCUT2D eigenvalue weighted by Crippen LogP contribution is 2.22. The number of nitro benzene ring substituents is 1. The first-order chi connectivity index (χ1) is 8.47. The fourth-order valence-electron chi connectivity index (χ4n) is 1.53. The maximum Gasteiger partial charge on any atom is 0.285 e. The highest BCUT2D eigenvalue weighted by Gasteiger charge is 2.22. The Balaban J connectivity index is 0.00000324. The number of amides is 1. The molecule has 0 aromatic heterocycles. The summed E-state index contributed by atoms with van der Waals surface area (Å²) >= 11 is 0. The Morgan fingerprint density at radius 2 is 2.16 bits per heavy atom. The molecular formula is C12H18ClN3O3. The molecule has 0 aliphatic heterocycles. The number of halogens is 1. The number of aryl methyl sites for hydroxylation is 1. The lowest BCUT2D eigenvalue weighted by Gasteiger charge is -2.10. The van der Waals surface area contributed by atoms with Gasteiger partial charge >= 0.3 is 0 Å². The minimum atomic E-state index is -0.531. The maximum absolute atomic E-state index is 11.9. The zero-order valence-electron chi connectivity index (χ0n) is 10.9. The lowest BCUT2D eigenvalue weighted by atomic mass is 10.1. The smallest absolute Gasteiger partial charge is 0.285 e. The summed E-state index contributed by atoms with van der Waals surface area (Å²) in [5.74, 6) is -0.302. The summed E-state index contributed by atoms with van der Waals surface area (Å²) in [6, 6.07) is 4.69. The highest BCUT2D eigenvalue weighted by atomic mass is 35.5. The molecule has 0 aliphatic carbocycles. The molecule has 0 spiro atoms. The largest absolute Gasteiger partial charge is 0.352 e. The van der Waals surface area contributed by atoms with Crippen LogP contribution in [0.1, 0.15) is 22.8 Å². The fraction of sp³-hybridized carbons (Fsp3) is 0.417. The normalized spacial score (nSPS) is 11.3. The van der Waals surface area contributed by atoms with Crippen molar-refractivity contribution in [3.63, 3.8) is 0 Å². The van der Waals surface area contributed by atoms with E-state index in [9.17, 15) is 14.9 Å². The second-order valence-electron chi connectivity index (χ2n) is 4.28. The molecule has 106 valence electrons. The average molecular weight is 288 g/mol. The zero-order valence-corrected chi connectivity index (χ0v) is 11.7. The number of nitro groups is 1. The molecule has 1 amide bonds. The number of benzene rings is 1. The third-order valence-electron chi connectivity index (χ3n) is 2.68. The van der Waals surface area contributed by atoms with Crippen molar-refractivity contribution in [2.24, 2.45) is 11.7 Å². The van der Waals surface area contributed by atoms with E-state index in [4.69, 9.17) is 5.73 Å². The van der Waals surface area contributed by atoms with Gasteiger partial charge in [0.05, 0.1) is 4.92 Å². The molecule has 0 heterocycles. The molecule has 0 aliphatic rings. The molecule has 0 bridgehead atoms. The number of carbonyl (C=O) groups excluding carboxylic acids is 1. The van der Waals surface area contributed by atoms with Gasteiger partial charge in [0.2, 0.25) is 0 Å². The Morgan fingerprint density at radius 3 is 2.68 bits per heavy atom. The lowest BCUT2D eigenvalue weighted by molar-refractivity contribution is -0.385. The van der Waals surface area contributed by atoms with Crippen molar-refractivity contribution < 1.29 is 9.72 Å². The molecule has 0 saturated heterocycles. The second-order valence-corrected chi connectivity index (χ2v) is 4.28. The van der Waals surface area contributed by atoms with Gasteiger partial charge in [0, 0.05) is 12.1 Å². The van der Waals surface area contributed by atoms with Gasteiger partial charge in [0.15, 0.2) is 0 Å². The maximum atomic E-state index is 11.9. The van der Waals surface area contributed by atoms with Crippen LogP contribution in [0.25, 0.3) is 0 Å². The Labute approximate surface area is 117 Å². The SMILES string of the molecule is Cc1cccc(C(=O)NCC(C)CN)c1[N+](=O)[O-].Cl. The number of nitrogens with zero attached hydrogens (tertiary/aromatic N) is 1. The van der Waals surface area contributed by atoms with E-state index in [1.165, 1.54) is 6.07 Å². The van der Waals surface area contributed by atoms with Gasteiger partial charge in [-0.1, -0.05) is 19.1 Å². The molecule has 1 atom stereocenters. The quantitative estimate of drug-likeness (QED) is 0.635. The van der Waals surface area contributed by atoms with Gasteiger partial charge in [-0.25, -0.2) is 0 Å². The fourth-order valence-corrected chi connectivity index (χ4v) is 1.53. The third-order valence-corrected chi connectivity index (χ3v) is 2.68. The number of nitrogens with two attached hydrogens (primary N) is 1. The predicted octanol–water partition coefficient (Wildman–Crippen LogP) is 1.65. The van der Waals surface area contributed by atoms with Crippen molar-refractivity contribution in [1.29, 1.82) is 0 Å². The van der Waals surface area contributed by atoms with E-state index in [1.54, 1.807) is 19.1 Å². The number of hydrogen-bond donors (Lipinski definition) is 2. The summed E-state index contributed by atoms with van der Waals surface area (Å²) in [4.78, 5) is 22.3. The van der Waals surface area contributed by atoms with Gasteiger partial charge in [-0.2, -0.15) is 0 Å². The summed E-state index contributed by atoms with van der Waals surface area (Å²) in [5.41, 5.74) is 5.86. The van der Waals surface area contributed by atoms with Crippen molar-refractivity contribution in [2.75, 3.05) is 13.1 Å². The molecular weight excluding hydrogens is 270 g/mol. The molecule has 1 aromatic rings. The monoisotopic (exact) mass is 287 g/mol. The summed E-state index contributed by atoms with van der Waals surface area (Å²) < 4.78 is 0. The molecule has 0 fully saturated rings. The summed E-state index contributed by atoms with van der Waals surface area (Å²) in [5, 5.41) is 13.6. The number of hydrogen-bond acceptors (Lipinski definition) is 4. The number of rotatable bonds is 5. The Morgan fingerprint density at radius 1 is 1.53 bits per heavy atom. The second kappa shape index (κ2) is 7.70. The number of nitrogens with one attached hydrogen (secondary N) is 1. The van der Waals surface area contributed by atoms with Crippen molar-refractivity contribution in [2.45, 2.75) is 13.8 Å². The molecule has 19 heavy (non-hydrogen) atoms. The Kier molecular flexibility index (Phi) is 7.03. The molecule has 6 nitrogen and oxygen atoms in total. The summed E-state index contributed by atoms with van der Waals surface area (Å²) in [6.07, 6.45) is 0. The van der Waals surface area contributed by atoms with Crippen LogP contribution in [0.2, 0.25) is 0 Å². The molecule has 1 unspecified atom stereocenters. The van der Waals surface area contributed by atoms with Crippen LogP contribution in [0.15, 0.2) is 18.2 Å². The lowest BCUT2D eigenvalue weighted by Crippen LogP contribution is -2.31. The van der Waals surface area contributed by atoms with Crippen molar-refractivity contribution in [3.8, 4) is 0 Å². The van der Waals surface area contributed by atoms with Crippen LogP contribution >= 0.6 is 12.4 Å². The van der Waals surface area contributed by atoms with Gasteiger partial charge in [0.1, 0.15) is 5.56 Å². The molecule has 7 heteroatoms. The molecule has 1 aromatic carbocycles. The van der Waals surface area contributed by atoms with Crippen LogP contribution in [-0.4, -0.2) is 23.9 Å². The number of para-hydroxylation sites is 1. The standard InChI is InChI=1S/C12H17N3O3.ClH/c1-8(6-13)7-14-12(16)10-5-3-4-9(2)11(10)15(17)18;/h3-5,8H,6-7,13H2,1-2H3,(H,14,16);1H. The summed E-state index contributed by atoms with van der Waals surface area (Å²) in [6.45, 7) is 4.36. The molecule has 3 N–H and O–H groups in total. The van der Waals surface area contributed by atoms with Gasteiger partial charge < -0.3 is 11.1 Å². The van der Waals surface area contributed by atoms with Crippen molar-refractivity contribution in [3.05, 3.63) is 39.4 Å². The van der Waals surface area contributed by atoms with E-state index in [1.807, 2.05) is 6.92 Å². The van der Waals surface area contributed by atoms with E-state index in [2.05, 4.69) is 5.32 Å². The van der Waals surface area contributed by atoms with E-state index in [-0.39, 0.29) is 29.6 Å². The van der Waals surface area contributed by atoms with Gasteiger partial charge in [-0.05, 0) is 25.5 Å². The molecule has 0 radical (unpaired) electrons. The summed E-state index contributed by atoms with van der Waals surface area (Å²) in [7, 11) is 0. The van der Waals surface area contributed by atoms with E-state index >= 15 is 0 Å². The predicted molar refractivity (Wildman–Crippen MR) is 75.6 cm³/mol. The Bertz CT molecular complexity index is 466. The molecule has 0 saturated carbocycles.